The minimum atomic E-state index is -0.943. The van der Waals surface area contributed by atoms with Crippen molar-refractivity contribution < 1.29 is 29.1 Å². The number of likely N-dealkylation sites (N-methyl/N-ethyl adjacent to an activating group) is 1. The maximum absolute atomic E-state index is 13.5. The highest BCUT2D eigenvalue weighted by Crippen LogP contribution is 2.20. The van der Waals surface area contributed by atoms with Gasteiger partial charge in [-0.05, 0) is 58.4 Å². The number of aliphatic hydroxyl groups is 1. The Hall–Kier alpha value is -2.73. The molecule has 0 radical (unpaired) electrons. The zero-order valence-electron chi connectivity index (χ0n) is 24.3. The molecule has 0 unspecified atom stereocenters. The maximum Gasteiger partial charge on any atom is 0.245 e. The monoisotopic (exact) mass is 554 g/mol. The smallest absolute Gasteiger partial charge is 0.245 e. The number of carbonyl (C=O) groups is 5. The number of hydrogen-bond acceptors (Lipinski definition) is 7. The Kier molecular flexibility index (Phi) is 15.6. The number of nitrogens with one attached hydrogen (secondary N) is 4. The molecular formula is C27H50N6O6. The number of nitrogens with zero attached hydrogens (tertiary/aromatic N) is 1. The number of nitrogens with two attached hydrogens (primary N) is 1. The van der Waals surface area contributed by atoms with Gasteiger partial charge in [0.05, 0.1) is 12.5 Å². The van der Waals surface area contributed by atoms with Crippen LogP contribution in [0.15, 0.2) is 0 Å². The average Bonchev–Trinajstić information content (AvgIpc) is 3.38. The standard InChI is InChI=1S/C27H50N6O6/c1-6-11-19(30-22(35)16-18(5)34)24(36)32-23(17(4)7-2)26(38)31-20(12-9-14-28)27(39)33-15-10-13-21(33)25(37)29-8-3/h17-21,23,34H,6-16,28H2,1-5H3,(H,29,37)(H,30,35)(H,31,38)(H,32,36)/t17-,18-,19-,20+,21-,23-/m1/s1. The first-order chi connectivity index (χ1) is 18.5. The van der Waals surface area contributed by atoms with Crippen molar-refractivity contribution in [3.63, 3.8) is 0 Å². The fourth-order valence-electron chi connectivity index (χ4n) is 4.67. The van der Waals surface area contributed by atoms with Crippen LogP contribution >= 0.6 is 0 Å². The Morgan fingerprint density at radius 1 is 0.974 bits per heavy atom. The number of carbonyl (C=O) groups excluding carboxylic acids is 5. The van der Waals surface area contributed by atoms with Crippen molar-refractivity contribution in [2.24, 2.45) is 11.7 Å². The largest absolute Gasteiger partial charge is 0.393 e. The molecule has 0 bridgehead atoms. The predicted octanol–water partition coefficient (Wildman–Crippen LogP) is -0.0761. The van der Waals surface area contributed by atoms with Gasteiger partial charge in [-0.25, -0.2) is 0 Å². The fraction of sp³-hybridized carbons (Fsp3) is 0.815. The van der Waals surface area contributed by atoms with Crippen LogP contribution in [0.4, 0.5) is 0 Å². The molecule has 6 atom stereocenters. The molecule has 7 N–H and O–H groups in total. The summed E-state index contributed by atoms with van der Waals surface area (Å²) in [5, 5.41) is 20.5. The van der Waals surface area contributed by atoms with Crippen molar-refractivity contribution in [1.29, 1.82) is 0 Å². The van der Waals surface area contributed by atoms with Crippen LogP contribution in [0.2, 0.25) is 0 Å². The van der Waals surface area contributed by atoms with Crippen molar-refractivity contribution in [1.82, 2.24) is 26.2 Å². The summed E-state index contributed by atoms with van der Waals surface area (Å²) in [7, 11) is 0. The lowest BCUT2D eigenvalue weighted by molar-refractivity contribution is -0.142. The van der Waals surface area contributed by atoms with E-state index in [1.165, 1.54) is 11.8 Å². The first-order valence-corrected chi connectivity index (χ1v) is 14.4. The average molecular weight is 555 g/mol. The van der Waals surface area contributed by atoms with E-state index in [1.807, 2.05) is 27.7 Å². The number of aliphatic hydroxyl groups excluding tert-OH is 1. The Morgan fingerprint density at radius 3 is 2.23 bits per heavy atom. The highest BCUT2D eigenvalue weighted by atomic mass is 16.3. The number of amides is 5. The second-order valence-electron chi connectivity index (χ2n) is 10.4. The van der Waals surface area contributed by atoms with Crippen LogP contribution in [0.3, 0.4) is 0 Å². The van der Waals surface area contributed by atoms with Crippen molar-refractivity contribution in [2.75, 3.05) is 19.6 Å². The fourth-order valence-corrected chi connectivity index (χ4v) is 4.67. The predicted molar refractivity (Wildman–Crippen MR) is 148 cm³/mol. The van der Waals surface area contributed by atoms with E-state index in [0.29, 0.717) is 64.6 Å². The van der Waals surface area contributed by atoms with Gasteiger partial charge in [0, 0.05) is 13.1 Å². The number of likely N-dealkylation sites (tertiary alicyclic amines) is 1. The molecule has 12 nitrogen and oxygen atoms in total. The highest BCUT2D eigenvalue weighted by Gasteiger charge is 2.38. The molecular weight excluding hydrogens is 504 g/mol. The maximum atomic E-state index is 13.5. The quantitative estimate of drug-likeness (QED) is 0.145. The summed E-state index contributed by atoms with van der Waals surface area (Å²) in [6, 6.07) is -3.28. The lowest BCUT2D eigenvalue weighted by Crippen LogP contribution is -2.59. The minimum Gasteiger partial charge on any atom is -0.393 e. The second-order valence-corrected chi connectivity index (χ2v) is 10.4. The van der Waals surface area contributed by atoms with Crippen molar-refractivity contribution in [3.05, 3.63) is 0 Å². The van der Waals surface area contributed by atoms with Gasteiger partial charge in [-0.1, -0.05) is 33.6 Å². The van der Waals surface area contributed by atoms with Gasteiger partial charge in [0.2, 0.25) is 29.5 Å². The Labute approximate surface area is 232 Å². The van der Waals surface area contributed by atoms with Gasteiger partial charge in [-0.3, -0.25) is 24.0 Å². The van der Waals surface area contributed by atoms with Gasteiger partial charge in [0.15, 0.2) is 0 Å². The van der Waals surface area contributed by atoms with Gasteiger partial charge in [0.25, 0.3) is 0 Å². The molecule has 0 aromatic rings. The number of hydrogen-bond donors (Lipinski definition) is 6. The van der Waals surface area contributed by atoms with Crippen LogP contribution < -0.4 is 27.0 Å². The highest BCUT2D eigenvalue weighted by molar-refractivity contribution is 5.95. The van der Waals surface area contributed by atoms with E-state index in [-0.39, 0.29) is 24.2 Å². The van der Waals surface area contributed by atoms with Crippen LogP contribution in [-0.4, -0.2) is 89.4 Å². The third kappa shape index (κ3) is 11.1. The first kappa shape index (κ1) is 34.3. The summed E-state index contributed by atoms with van der Waals surface area (Å²) >= 11 is 0. The molecule has 0 aromatic heterocycles. The van der Waals surface area contributed by atoms with E-state index >= 15 is 0 Å². The Morgan fingerprint density at radius 2 is 1.67 bits per heavy atom. The number of rotatable bonds is 17. The van der Waals surface area contributed by atoms with E-state index in [9.17, 15) is 29.1 Å². The molecule has 0 spiro atoms. The molecule has 1 aliphatic rings. The molecule has 0 aromatic carbocycles. The summed E-state index contributed by atoms with van der Waals surface area (Å²) in [6.45, 7) is 10.1. The van der Waals surface area contributed by atoms with Gasteiger partial charge in [0.1, 0.15) is 24.2 Å². The van der Waals surface area contributed by atoms with E-state index in [1.54, 1.807) is 0 Å². The molecule has 1 rings (SSSR count). The lowest BCUT2D eigenvalue weighted by atomic mass is 9.96. The van der Waals surface area contributed by atoms with Crippen LogP contribution in [0.25, 0.3) is 0 Å². The molecule has 224 valence electrons. The molecule has 12 heteroatoms. The van der Waals surface area contributed by atoms with E-state index in [4.69, 9.17) is 5.73 Å². The third-order valence-electron chi connectivity index (χ3n) is 7.00. The summed E-state index contributed by atoms with van der Waals surface area (Å²) in [6.07, 6.45) is 2.61. The zero-order chi connectivity index (χ0) is 29.5. The summed E-state index contributed by atoms with van der Waals surface area (Å²) in [5.41, 5.74) is 5.69. The summed E-state index contributed by atoms with van der Waals surface area (Å²) in [5.74, 6) is -2.28. The van der Waals surface area contributed by atoms with Crippen LogP contribution in [-0.2, 0) is 24.0 Å². The molecule has 1 saturated heterocycles. The summed E-state index contributed by atoms with van der Waals surface area (Å²) < 4.78 is 0. The van der Waals surface area contributed by atoms with Crippen LogP contribution in [0.5, 0.6) is 0 Å². The van der Waals surface area contributed by atoms with Gasteiger partial charge in [-0.2, -0.15) is 0 Å². The molecule has 5 amide bonds. The first-order valence-electron chi connectivity index (χ1n) is 14.4. The van der Waals surface area contributed by atoms with Gasteiger partial charge in [-0.15, -0.1) is 0 Å². The summed E-state index contributed by atoms with van der Waals surface area (Å²) in [4.78, 5) is 66.5. The Balaban J connectivity index is 3.08. The van der Waals surface area contributed by atoms with Gasteiger partial charge >= 0.3 is 0 Å². The van der Waals surface area contributed by atoms with Crippen molar-refractivity contribution in [2.45, 2.75) is 116 Å². The van der Waals surface area contributed by atoms with Crippen molar-refractivity contribution >= 4 is 29.5 Å². The van der Waals surface area contributed by atoms with Crippen LogP contribution in [0, 0.1) is 5.92 Å². The van der Waals surface area contributed by atoms with E-state index in [0.717, 1.165) is 0 Å². The second kappa shape index (κ2) is 17.8. The lowest BCUT2D eigenvalue weighted by Gasteiger charge is -2.31. The molecule has 1 fully saturated rings. The molecule has 1 heterocycles. The molecule has 0 aliphatic carbocycles. The topological polar surface area (TPSA) is 183 Å². The normalized spacial score (nSPS) is 18.8. The van der Waals surface area contributed by atoms with E-state index in [2.05, 4.69) is 21.3 Å². The Bertz CT molecular complexity index is 823. The third-order valence-corrected chi connectivity index (χ3v) is 7.00. The van der Waals surface area contributed by atoms with E-state index < -0.39 is 48.0 Å². The van der Waals surface area contributed by atoms with Crippen LogP contribution in [0.1, 0.15) is 86.0 Å². The molecule has 39 heavy (non-hydrogen) atoms. The zero-order valence-corrected chi connectivity index (χ0v) is 24.3. The van der Waals surface area contributed by atoms with Gasteiger partial charge < -0.3 is 37.0 Å². The van der Waals surface area contributed by atoms with Crippen molar-refractivity contribution in [3.8, 4) is 0 Å². The molecule has 1 aliphatic heterocycles. The SMILES string of the molecule is CCC[C@@H](NC(=O)C[C@@H](C)O)C(=O)N[C@@H](C(=O)N[C@@H](CCCN)C(=O)N1CCC[C@@H]1C(=O)NCC)[C@H](C)CC. The molecule has 0 saturated carbocycles. The minimum absolute atomic E-state index is 0.137.